The Balaban J connectivity index is 1.81. The third kappa shape index (κ3) is 2.92. The van der Waals surface area contributed by atoms with Crippen molar-refractivity contribution in [1.29, 1.82) is 0 Å². The normalized spacial score (nSPS) is 34.4. The van der Waals surface area contributed by atoms with Gasteiger partial charge in [0.05, 0.1) is 11.7 Å². The van der Waals surface area contributed by atoms with Crippen molar-refractivity contribution >= 4 is 15.9 Å². The molecule has 0 bridgehead atoms. The zero-order valence-corrected chi connectivity index (χ0v) is 13.4. The van der Waals surface area contributed by atoms with Gasteiger partial charge in [-0.1, -0.05) is 41.8 Å². The molecule has 2 aliphatic rings. The van der Waals surface area contributed by atoms with E-state index in [-0.39, 0.29) is 17.5 Å². The quantitative estimate of drug-likeness (QED) is 0.826. The Morgan fingerprint density at radius 2 is 2.30 bits per heavy atom. The van der Waals surface area contributed by atoms with Gasteiger partial charge in [0.2, 0.25) is 0 Å². The van der Waals surface area contributed by atoms with Gasteiger partial charge in [-0.15, -0.1) is 0 Å². The number of halogens is 2. The summed E-state index contributed by atoms with van der Waals surface area (Å²) in [5, 5.41) is 3.52. The molecule has 1 aliphatic carbocycles. The minimum Gasteiger partial charge on any atom is -0.364 e. The van der Waals surface area contributed by atoms with Crippen LogP contribution in [0.2, 0.25) is 0 Å². The number of nitrogens with one attached hydrogen (secondary N) is 1. The van der Waals surface area contributed by atoms with Gasteiger partial charge >= 0.3 is 0 Å². The molecule has 1 heterocycles. The van der Waals surface area contributed by atoms with Crippen LogP contribution in [0, 0.1) is 11.7 Å². The van der Waals surface area contributed by atoms with E-state index in [4.69, 9.17) is 4.74 Å². The lowest BCUT2D eigenvalue weighted by Gasteiger charge is -2.46. The molecule has 2 fully saturated rings. The molecule has 0 radical (unpaired) electrons. The van der Waals surface area contributed by atoms with Gasteiger partial charge in [-0.25, -0.2) is 4.39 Å². The summed E-state index contributed by atoms with van der Waals surface area (Å²) in [4.78, 5) is 0. The first-order valence-electron chi connectivity index (χ1n) is 7.41. The fraction of sp³-hybridized carbons (Fsp3) is 0.625. The van der Waals surface area contributed by atoms with E-state index < -0.39 is 0 Å². The van der Waals surface area contributed by atoms with E-state index in [0.29, 0.717) is 0 Å². The second-order valence-electron chi connectivity index (χ2n) is 6.29. The van der Waals surface area contributed by atoms with Gasteiger partial charge < -0.3 is 10.1 Å². The number of hydrogen-bond acceptors (Lipinski definition) is 2. The number of hydrogen-bond donors (Lipinski definition) is 1. The van der Waals surface area contributed by atoms with Crippen LogP contribution in [-0.2, 0) is 4.74 Å². The number of rotatable bonds is 1. The van der Waals surface area contributed by atoms with Crippen LogP contribution in [-0.4, -0.2) is 18.7 Å². The lowest BCUT2D eigenvalue weighted by Crippen LogP contribution is -2.53. The van der Waals surface area contributed by atoms with Crippen LogP contribution in [0.5, 0.6) is 0 Å². The summed E-state index contributed by atoms with van der Waals surface area (Å²) in [6.45, 7) is 4.04. The highest BCUT2D eigenvalue weighted by Gasteiger charge is 2.41. The molecule has 0 amide bonds. The molecule has 3 unspecified atom stereocenters. The number of benzene rings is 1. The molecule has 1 aromatic carbocycles. The van der Waals surface area contributed by atoms with E-state index in [1.807, 2.05) is 6.07 Å². The van der Waals surface area contributed by atoms with Crippen LogP contribution < -0.4 is 5.32 Å². The van der Waals surface area contributed by atoms with Crippen LogP contribution in [0.15, 0.2) is 22.7 Å². The van der Waals surface area contributed by atoms with E-state index in [1.165, 1.54) is 25.0 Å². The Bertz CT molecular complexity index is 491. The van der Waals surface area contributed by atoms with Crippen LogP contribution in [0.3, 0.4) is 0 Å². The molecule has 1 aliphatic heterocycles. The van der Waals surface area contributed by atoms with Crippen molar-refractivity contribution in [2.45, 2.75) is 44.3 Å². The SMILES string of the molecule is CC1CCCC2(CNCC(c3ccc(F)cc3Br)O2)C1. The minimum atomic E-state index is -0.217. The summed E-state index contributed by atoms with van der Waals surface area (Å²) in [5.41, 5.74) is 1.00. The minimum absolute atomic E-state index is 0.00373. The Kier molecular flexibility index (Phi) is 4.16. The van der Waals surface area contributed by atoms with Crippen molar-refractivity contribution < 1.29 is 9.13 Å². The molecule has 110 valence electrons. The number of morpholine rings is 1. The van der Waals surface area contributed by atoms with E-state index in [1.54, 1.807) is 0 Å². The standard InChI is InChI=1S/C16H21BrFNO/c1-11-3-2-6-16(8-11)10-19-9-15(20-16)13-5-4-12(18)7-14(13)17/h4-5,7,11,15,19H,2-3,6,8-10H2,1H3. The molecule has 3 atom stereocenters. The highest BCUT2D eigenvalue weighted by atomic mass is 79.9. The Morgan fingerprint density at radius 3 is 3.05 bits per heavy atom. The molecule has 1 aromatic rings. The molecule has 0 aromatic heterocycles. The van der Waals surface area contributed by atoms with E-state index in [9.17, 15) is 4.39 Å². The fourth-order valence-electron chi connectivity index (χ4n) is 3.63. The summed E-state index contributed by atoms with van der Waals surface area (Å²) in [6, 6.07) is 4.86. The first kappa shape index (κ1) is 14.5. The first-order chi connectivity index (χ1) is 9.58. The molecular formula is C16H21BrFNO. The van der Waals surface area contributed by atoms with E-state index in [0.717, 1.165) is 41.9 Å². The average Bonchev–Trinajstić information content (AvgIpc) is 2.38. The predicted molar refractivity (Wildman–Crippen MR) is 81.2 cm³/mol. The summed E-state index contributed by atoms with van der Waals surface area (Å²) < 4.78 is 20.5. The largest absolute Gasteiger partial charge is 0.364 e. The molecule has 3 rings (SSSR count). The summed E-state index contributed by atoms with van der Waals surface area (Å²) in [7, 11) is 0. The Morgan fingerprint density at radius 1 is 1.45 bits per heavy atom. The number of ether oxygens (including phenoxy) is 1. The van der Waals surface area contributed by atoms with Crippen molar-refractivity contribution in [2.24, 2.45) is 5.92 Å². The summed E-state index contributed by atoms with van der Waals surface area (Å²) in [6.07, 6.45) is 4.79. The van der Waals surface area contributed by atoms with E-state index >= 15 is 0 Å². The topological polar surface area (TPSA) is 21.3 Å². The van der Waals surface area contributed by atoms with Gasteiger partial charge in [-0.3, -0.25) is 0 Å². The third-order valence-electron chi connectivity index (χ3n) is 4.53. The lowest BCUT2D eigenvalue weighted by atomic mass is 9.77. The zero-order chi connectivity index (χ0) is 14.2. The molecule has 1 saturated heterocycles. The van der Waals surface area contributed by atoms with Crippen LogP contribution in [0.25, 0.3) is 0 Å². The molecule has 20 heavy (non-hydrogen) atoms. The van der Waals surface area contributed by atoms with Crippen LogP contribution in [0.4, 0.5) is 4.39 Å². The van der Waals surface area contributed by atoms with Crippen molar-refractivity contribution in [3.63, 3.8) is 0 Å². The summed E-state index contributed by atoms with van der Waals surface area (Å²) >= 11 is 3.46. The van der Waals surface area contributed by atoms with Crippen LogP contribution >= 0.6 is 15.9 Å². The third-order valence-corrected chi connectivity index (χ3v) is 5.22. The van der Waals surface area contributed by atoms with Crippen molar-refractivity contribution in [1.82, 2.24) is 5.32 Å². The highest BCUT2D eigenvalue weighted by molar-refractivity contribution is 9.10. The summed E-state index contributed by atoms with van der Waals surface area (Å²) in [5.74, 6) is 0.506. The van der Waals surface area contributed by atoms with Gasteiger partial charge in [0.15, 0.2) is 0 Å². The highest BCUT2D eigenvalue weighted by Crippen LogP contribution is 2.41. The second kappa shape index (κ2) is 5.74. The van der Waals surface area contributed by atoms with Crippen molar-refractivity contribution in [3.8, 4) is 0 Å². The maximum Gasteiger partial charge on any atom is 0.124 e. The monoisotopic (exact) mass is 341 g/mol. The fourth-order valence-corrected chi connectivity index (χ4v) is 4.24. The second-order valence-corrected chi connectivity index (χ2v) is 7.14. The van der Waals surface area contributed by atoms with E-state index in [2.05, 4.69) is 28.2 Å². The molecule has 1 saturated carbocycles. The van der Waals surface area contributed by atoms with Gasteiger partial charge in [-0.2, -0.15) is 0 Å². The zero-order valence-electron chi connectivity index (χ0n) is 11.8. The molecule has 1 N–H and O–H groups in total. The molecular weight excluding hydrogens is 321 g/mol. The average molecular weight is 342 g/mol. The Hall–Kier alpha value is -0.450. The van der Waals surface area contributed by atoms with Crippen molar-refractivity contribution in [3.05, 3.63) is 34.1 Å². The molecule has 1 spiro atoms. The van der Waals surface area contributed by atoms with Gasteiger partial charge in [0, 0.05) is 17.6 Å². The first-order valence-corrected chi connectivity index (χ1v) is 8.21. The predicted octanol–water partition coefficient (Wildman–Crippen LogP) is 4.20. The maximum absolute atomic E-state index is 13.2. The smallest absolute Gasteiger partial charge is 0.124 e. The maximum atomic E-state index is 13.2. The van der Waals surface area contributed by atoms with Crippen molar-refractivity contribution in [2.75, 3.05) is 13.1 Å². The lowest BCUT2D eigenvalue weighted by molar-refractivity contribution is -0.143. The molecule has 4 heteroatoms. The Labute approximate surface area is 128 Å². The van der Waals surface area contributed by atoms with Crippen LogP contribution in [0.1, 0.15) is 44.3 Å². The van der Waals surface area contributed by atoms with Gasteiger partial charge in [-0.05, 0) is 36.5 Å². The molecule has 2 nitrogen and oxygen atoms in total. The van der Waals surface area contributed by atoms with Gasteiger partial charge in [0.25, 0.3) is 0 Å². The van der Waals surface area contributed by atoms with Gasteiger partial charge in [0.1, 0.15) is 5.82 Å².